The molecule has 1 aromatic rings. The van der Waals surface area contributed by atoms with Gasteiger partial charge in [-0.3, -0.25) is 4.79 Å². The van der Waals surface area contributed by atoms with Crippen molar-refractivity contribution in [2.45, 2.75) is 25.3 Å². The molecular formula is C14H22N2O2. The highest BCUT2D eigenvalue weighted by Crippen LogP contribution is 2.09. The molecule has 4 nitrogen and oxygen atoms in total. The van der Waals surface area contributed by atoms with Gasteiger partial charge in [0.1, 0.15) is 6.04 Å². The van der Waals surface area contributed by atoms with Crippen LogP contribution in [0.2, 0.25) is 0 Å². The van der Waals surface area contributed by atoms with E-state index in [1.54, 1.807) is 7.11 Å². The summed E-state index contributed by atoms with van der Waals surface area (Å²) in [5, 5.41) is 2.85. The molecule has 0 aromatic heterocycles. The number of ether oxygens (including phenoxy) is 1. The van der Waals surface area contributed by atoms with Gasteiger partial charge in [0, 0.05) is 20.3 Å². The van der Waals surface area contributed by atoms with Crippen LogP contribution in [0.15, 0.2) is 30.3 Å². The lowest BCUT2D eigenvalue weighted by molar-refractivity contribution is -0.122. The average molecular weight is 250 g/mol. The highest BCUT2D eigenvalue weighted by molar-refractivity contribution is 5.82. The third-order valence-corrected chi connectivity index (χ3v) is 2.77. The van der Waals surface area contributed by atoms with E-state index >= 15 is 0 Å². The number of hydrogen-bond acceptors (Lipinski definition) is 3. The molecule has 0 aliphatic heterocycles. The fourth-order valence-corrected chi connectivity index (χ4v) is 1.68. The molecule has 0 saturated carbocycles. The number of methoxy groups -OCH3 is 1. The molecule has 1 atom stereocenters. The molecule has 0 saturated heterocycles. The molecule has 100 valence electrons. The molecule has 1 rings (SSSR count). The van der Waals surface area contributed by atoms with Gasteiger partial charge in [-0.05, 0) is 24.8 Å². The van der Waals surface area contributed by atoms with E-state index in [0.717, 1.165) is 31.4 Å². The van der Waals surface area contributed by atoms with Crippen molar-refractivity contribution in [3.63, 3.8) is 0 Å². The Morgan fingerprint density at radius 2 is 2.00 bits per heavy atom. The molecule has 0 aliphatic carbocycles. The summed E-state index contributed by atoms with van der Waals surface area (Å²) in [6.07, 6.45) is 3.03. The molecule has 4 heteroatoms. The first-order chi connectivity index (χ1) is 8.75. The topological polar surface area (TPSA) is 64.3 Å². The minimum absolute atomic E-state index is 0.118. The van der Waals surface area contributed by atoms with Gasteiger partial charge < -0.3 is 15.8 Å². The molecule has 0 spiro atoms. The van der Waals surface area contributed by atoms with Gasteiger partial charge in [0.05, 0.1) is 0 Å². The molecule has 18 heavy (non-hydrogen) atoms. The van der Waals surface area contributed by atoms with Crippen LogP contribution in [0.3, 0.4) is 0 Å². The Labute approximate surface area is 109 Å². The highest BCUT2D eigenvalue weighted by atomic mass is 16.5. The number of unbranched alkanes of at least 4 members (excludes halogenated alkanes) is 2. The first-order valence-corrected chi connectivity index (χ1v) is 6.33. The number of rotatable bonds is 8. The molecule has 0 aliphatic rings. The maximum absolute atomic E-state index is 11.8. The SMILES string of the molecule is COCCCCCNC(=O)[C@H](N)c1ccccc1. The predicted molar refractivity (Wildman–Crippen MR) is 72.1 cm³/mol. The van der Waals surface area contributed by atoms with Crippen LogP contribution < -0.4 is 11.1 Å². The molecule has 0 fully saturated rings. The molecule has 0 unspecified atom stereocenters. The third-order valence-electron chi connectivity index (χ3n) is 2.77. The lowest BCUT2D eigenvalue weighted by Gasteiger charge is -2.12. The summed E-state index contributed by atoms with van der Waals surface area (Å²) in [5.74, 6) is -0.118. The Morgan fingerprint density at radius 3 is 2.67 bits per heavy atom. The quantitative estimate of drug-likeness (QED) is 0.689. The third kappa shape index (κ3) is 5.29. The van der Waals surface area contributed by atoms with Crippen LogP contribution in [0.4, 0.5) is 0 Å². The zero-order chi connectivity index (χ0) is 13.2. The molecular weight excluding hydrogens is 228 g/mol. The van der Waals surface area contributed by atoms with Crippen LogP contribution >= 0.6 is 0 Å². The Hall–Kier alpha value is -1.39. The second-order valence-electron chi connectivity index (χ2n) is 4.23. The summed E-state index contributed by atoms with van der Waals surface area (Å²) < 4.78 is 4.96. The van der Waals surface area contributed by atoms with Crippen molar-refractivity contribution in [1.82, 2.24) is 5.32 Å². The van der Waals surface area contributed by atoms with Gasteiger partial charge in [-0.15, -0.1) is 0 Å². The van der Waals surface area contributed by atoms with E-state index in [9.17, 15) is 4.79 Å². The Morgan fingerprint density at radius 1 is 1.28 bits per heavy atom. The second-order valence-corrected chi connectivity index (χ2v) is 4.23. The van der Waals surface area contributed by atoms with Crippen LogP contribution in [0, 0.1) is 0 Å². The van der Waals surface area contributed by atoms with Gasteiger partial charge in [-0.1, -0.05) is 30.3 Å². The van der Waals surface area contributed by atoms with Crippen LogP contribution in [0.25, 0.3) is 0 Å². The van der Waals surface area contributed by atoms with Crippen LogP contribution in [-0.4, -0.2) is 26.2 Å². The van der Waals surface area contributed by atoms with Crippen LogP contribution in [0.1, 0.15) is 30.9 Å². The zero-order valence-corrected chi connectivity index (χ0v) is 10.9. The molecule has 0 bridgehead atoms. The standard InChI is InChI=1S/C14H22N2O2/c1-18-11-7-3-6-10-16-14(17)13(15)12-8-4-2-5-9-12/h2,4-5,8-9,13H,3,6-7,10-11,15H2,1H3,(H,16,17)/t13-/m1/s1. The maximum Gasteiger partial charge on any atom is 0.241 e. The molecule has 1 amide bonds. The Bertz CT molecular complexity index is 341. The number of benzene rings is 1. The van der Waals surface area contributed by atoms with Crippen molar-refractivity contribution in [3.8, 4) is 0 Å². The fraction of sp³-hybridized carbons (Fsp3) is 0.500. The fourth-order valence-electron chi connectivity index (χ4n) is 1.68. The van der Waals surface area contributed by atoms with Gasteiger partial charge in [-0.25, -0.2) is 0 Å². The number of hydrogen-bond donors (Lipinski definition) is 2. The minimum Gasteiger partial charge on any atom is -0.385 e. The van der Waals surface area contributed by atoms with Crippen LogP contribution in [-0.2, 0) is 9.53 Å². The van der Waals surface area contributed by atoms with E-state index in [2.05, 4.69) is 5.32 Å². The van der Waals surface area contributed by atoms with Gasteiger partial charge in [0.25, 0.3) is 0 Å². The summed E-state index contributed by atoms with van der Waals surface area (Å²) in [7, 11) is 1.70. The highest BCUT2D eigenvalue weighted by Gasteiger charge is 2.14. The number of nitrogens with one attached hydrogen (secondary N) is 1. The van der Waals surface area contributed by atoms with Crippen molar-refractivity contribution >= 4 is 5.91 Å². The van der Waals surface area contributed by atoms with Gasteiger partial charge in [0.15, 0.2) is 0 Å². The number of amides is 1. The smallest absolute Gasteiger partial charge is 0.241 e. The number of carbonyl (C=O) groups excluding carboxylic acids is 1. The summed E-state index contributed by atoms with van der Waals surface area (Å²) in [6, 6.07) is 8.82. The second kappa shape index (κ2) is 8.66. The van der Waals surface area contributed by atoms with Gasteiger partial charge in [0.2, 0.25) is 5.91 Å². The molecule has 1 aromatic carbocycles. The normalized spacial score (nSPS) is 12.1. The predicted octanol–water partition coefficient (Wildman–Crippen LogP) is 1.62. The van der Waals surface area contributed by atoms with E-state index in [-0.39, 0.29) is 5.91 Å². The van der Waals surface area contributed by atoms with E-state index in [4.69, 9.17) is 10.5 Å². The largest absolute Gasteiger partial charge is 0.385 e. The Balaban J connectivity index is 2.20. The molecule has 0 radical (unpaired) electrons. The van der Waals surface area contributed by atoms with E-state index in [1.807, 2.05) is 30.3 Å². The van der Waals surface area contributed by atoms with E-state index in [0.29, 0.717) is 6.54 Å². The van der Waals surface area contributed by atoms with Crippen molar-refractivity contribution in [3.05, 3.63) is 35.9 Å². The number of nitrogens with two attached hydrogens (primary N) is 1. The Kier molecular flexibility index (Phi) is 7.06. The summed E-state index contributed by atoms with van der Waals surface area (Å²) in [6.45, 7) is 1.44. The summed E-state index contributed by atoms with van der Waals surface area (Å²) >= 11 is 0. The summed E-state index contributed by atoms with van der Waals surface area (Å²) in [5.41, 5.74) is 6.71. The molecule has 3 N–H and O–H groups in total. The van der Waals surface area contributed by atoms with Crippen LogP contribution in [0.5, 0.6) is 0 Å². The van der Waals surface area contributed by atoms with Gasteiger partial charge >= 0.3 is 0 Å². The van der Waals surface area contributed by atoms with Crippen molar-refractivity contribution in [1.29, 1.82) is 0 Å². The van der Waals surface area contributed by atoms with Crippen molar-refractivity contribution in [2.75, 3.05) is 20.3 Å². The van der Waals surface area contributed by atoms with E-state index in [1.165, 1.54) is 0 Å². The lowest BCUT2D eigenvalue weighted by Crippen LogP contribution is -2.34. The minimum atomic E-state index is -0.579. The first-order valence-electron chi connectivity index (χ1n) is 6.33. The molecule has 0 heterocycles. The summed E-state index contributed by atoms with van der Waals surface area (Å²) in [4.78, 5) is 11.8. The zero-order valence-electron chi connectivity index (χ0n) is 10.9. The number of carbonyl (C=O) groups is 1. The maximum atomic E-state index is 11.8. The lowest BCUT2D eigenvalue weighted by atomic mass is 10.1. The first kappa shape index (κ1) is 14.7. The van der Waals surface area contributed by atoms with Gasteiger partial charge in [-0.2, -0.15) is 0 Å². The van der Waals surface area contributed by atoms with E-state index < -0.39 is 6.04 Å². The van der Waals surface area contributed by atoms with Crippen molar-refractivity contribution < 1.29 is 9.53 Å². The van der Waals surface area contributed by atoms with Crippen molar-refractivity contribution in [2.24, 2.45) is 5.73 Å². The monoisotopic (exact) mass is 250 g/mol. The average Bonchev–Trinajstić information content (AvgIpc) is 2.42.